The van der Waals surface area contributed by atoms with Crippen LogP contribution in [0.5, 0.6) is 5.75 Å². The summed E-state index contributed by atoms with van der Waals surface area (Å²) in [5.41, 5.74) is 0.533. The van der Waals surface area contributed by atoms with E-state index in [-0.39, 0.29) is 11.3 Å². The van der Waals surface area contributed by atoms with Crippen LogP contribution in [0.1, 0.15) is 12.0 Å². The van der Waals surface area contributed by atoms with Crippen LogP contribution >= 0.6 is 0 Å². The molecular formula is C11H11BFNO3. The molecule has 6 heteroatoms. The van der Waals surface area contributed by atoms with Gasteiger partial charge in [0, 0.05) is 0 Å². The number of ether oxygens (including phenoxy) is 1. The van der Waals surface area contributed by atoms with Crippen molar-refractivity contribution in [2.24, 2.45) is 0 Å². The first-order valence-electron chi connectivity index (χ1n) is 5.32. The third kappa shape index (κ3) is 2.26. The van der Waals surface area contributed by atoms with E-state index >= 15 is 0 Å². The first-order chi connectivity index (χ1) is 8.27. The van der Waals surface area contributed by atoms with E-state index in [2.05, 4.69) is 0 Å². The predicted octanol–water partition coefficient (Wildman–Crippen LogP) is 1.26. The van der Waals surface area contributed by atoms with Gasteiger partial charge in [-0.1, -0.05) is 6.07 Å². The molecule has 0 amide bonds. The molecule has 0 unspecified atom stereocenters. The summed E-state index contributed by atoms with van der Waals surface area (Å²) in [5.74, 6) is -0.596. The number of hydrogen-bond donors (Lipinski definition) is 0. The minimum atomic E-state index is -0.554. The molecule has 1 aromatic rings. The zero-order chi connectivity index (χ0) is 12.3. The standard InChI is InChI=1S/C11H11BFNO3/c1-15-11-8(7-14)3-4-9(10(11)13)12-5-2-6-16-17-12/h3-4H,2,5-6H2,1H3. The quantitative estimate of drug-likeness (QED) is 0.571. The van der Waals surface area contributed by atoms with Crippen molar-refractivity contribution >= 4 is 12.4 Å². The zero-order valence-corrected chi connectivity index (χ0v) is 9.40. The molecule has 1 aliphatic rings. The van der Waals surface area contributed by atoms with Gasteiger partial charge >= 0.3 is 6.92 Å². The Morgan fingerprint density at radius 3 is 2.94 bits per heavy atom. The molecule has 1 fully saturated rings. The van der Waals surface area contributed by atoms with Crippen LogP contribution in [0.3, 0.4) is 0 Å². The van der Waals surface area contributed by atoms with Crippen LogP contribution in [-0.4, -0.2) is 20.6 Å². The molecule has 0 N–H and O–H groups in total. The van der Waals surface area contributed by atoms with Gasteiger partial charge in [-0.05, 0) is 24.3 Å². The lowest BCUT2D eigenvalue weighted by atomic mass is 9.57. The van der Waals surface area contributed by atoms with Crippen molar-refractivity contribution in [3.63, 3.8) is 0 Å². The van der Waals surface area contributed by atoms with Crippen LogP contribution in [0.15, 0.2) is 12.1 Å². The van der Waals surface area contributed by atoms with Crippen LogP contribution in [-0.2, 0) is 9.69 Å². The van der Waals surface area contributed by atoms with Crippen molar-refractivity contribution in [2.45, 2.75) is 12.7 Å². The third-order valence-corrected chi connectivity index (χ3v) is 2.68. The molecule has 2 rings (SSSR count). The SMILES string of the molecule is COc1c(C#N)ccc(B2CCCOO2)c1F. The molecule has 4 nitrogen and oxygen atoms in total. The second kappa shape index (κ2) is 5.17. The molecule has 88 valence electrons. The highest BCUT2D eigenvalue weighted by atomic mass is 19.1. The average Bonchev–Trinajstić information content (AvgIpc) is 2.39. The molecule has 0 aliphatic carbocycles. The van der Waals surface area contributed by atoms with E-state index in [1.54, 1.807) is 0 Å². The summed E-state index contributed by atoms with van der Waals surface area (Å²) >= 11 is 0. The molecule has 0 saturated carbocycles. The highest BCUT2D eigenvalue weighted by molar-refractivity contribution is 6.67. The van der Waals surface area contributed by atoms with Gasteiger partial charge < -0.3 is 4.74 Å². The normalized spacial score (nSPS) is 15.5. The summed E-state index contributed by atoms with van der Waals surface area (Å²) in [6.45, 7) is 0.0799. The summed E-state index contributed by atoms with van der Waals surface area (Å²) in [6.07, 6.45) is 1.50. The van der Waals surface area contributed by atoms with Gasteiger partial charge in [-0.2, -0.15) is 5.26 Å². The molecule has 1 saturated heterocycles. The van der Waals surface area contributed by atoms with Crippen LogP contribution in [0.25, 0.3) is 0 Å². The van der Waals surface area contributed by atoms with E-state index < -0.39 is 12.7 Å². The maximum absolute atomic E-state index is 14.1. The fourth-order valence-corrected chi connectivity index (χ4v) is 1.82. The summed E-state index contributed by atoms with van der Waals surface area (Å²) in [7, 11) is 1.33. The molecule has 0 aromatic heterocycles. The number of nitrogens with zero attached hydrogens (tertiary/aromatic N) is 1. The van der Waals surface area contributed by atoms with Crippen LogP contribution < -0.4 is 10.2 Å². The number of hydrogen-bond acceptors (Lipinski definition) is 4. The molecule has 0 radical (unpaired) electrons. The molecule has 0 bridgehead atoms. The Balaban J connectivity index is 2.38. The number of nitriles is 1. The molecule has 17 heavy (non-hydrogen) atoms. The number of methoxy groups -OCH3 is 1. The van der Waals surface area contributed by atoms with Gasteiger partial charge in [0.15, 0.2) is 11.6 Å². The first-order valence-corrected chi connectivity index (χ1v) is 5.32. The topological polar surface area (TPSA) is 51.5 Å². The van der Waals surface area contributed by atoms with Gasteiger partial charge in [-0.3, -0.25) is 9.69 Å². The minimum absolute atomic E-state index is 0.0424. The Morgan fingerprint density at radius 1 is 1.53 bits per heavy atom. The lowest BCUT2D eigenvalue weighted by Gasteiger charge is -2.19. The molecule has 0 atom stereocenters. The lowest BCUT2D eigenvalue weighted by molar-refractivity contribution is -0.220. The maximum atomic E-state index is 14.1. The minimum Gasteiger partial charge on any atom is -0.492 e. The van der Waals surface area contributed by atoms with E-state index in [1.165, 1.54) is 19.2 Å². The van der Waals surface area contributed by atoms with E-state index in [9.17, 15) is 4.39 Å². The van der Waals surface area contributed by atoms with Gasteiger partial charge in [0.2, 0.25) is 0 Å². The van der Waals surface area contributed by atoms with Gasteiger partial charge in [0.05, 0.1) is 19.3 Å². The number of rotatable bonds is 2. The first kappa shape index (κ1) is 11.9. The Labute approximate surface area is 98.9 Å². The average molecular weight is 235 g/mol. The van der Waals surface area contributed by atoms with Crippen molar-refractivity contribution in [3.8, 4) is 11.8 Å². The van der Waals surface area contributed by atoms with Gasteiger partial charge in [-0.15, -0.1) is 0 Å². The van der Waals surface area contributed by atoms with Gasteiger partial charge in [-0.25, -0.2) is 4.39 Å². The number of halogens is 1. The fourth-order valence-electron chi connectivity index (χ4n) is 1.82. The van der Waals surface area contributed by atoms with Crippen LogP contribution in [0.4, 0.5) is 4.39 Å². The van der Waals surface area contributed by atoms with Crippen molar-refractivity contribution in [3.05, 3.63) is 23.5 Å². The predicted molar refractivity (Wildman–Crippen MR) is 59.5 cm³/mol. The molecule has 0 spiro atoms. The van der Waals surface area contributed by atoms with Crippen molar-refractivity contribution < 1.29 is 18.8 Å². The Morgan fingerprint density at radius 2 is 2.35 bits per heavy atom. The highest BCUT2D eigenvalue weighted by Gasteiger charge is 2.29. The van der Waals surface area contributed by atoms with E-state index in [1.807, 2.05) is 6.07 Å². The highest BCUT2D eigenvalue weighted by Crippen LogP contribution is 2.22. The summed E-state index contributed by atoms with van der Waals surface area (Å²) < 4.78 is 19.0. The second-order valence-electron chi connectivity index (χ2n) is 3.71. The van der Waals surface area contributed by atoms with Crippen LogP contribution in [0.2, 0.25) is 6.32 Å². The zero-order valence-electron chi connectivity index (χ0n) is 9.40. The lowest BCUT2D eigenvalue weighted by Crippen LogP contribution is -2.39. The van der Waals surface area contributed by atoms with Crippen LogP contribution in [0, 0.1) is 17.1 Å². The van der Waals surface area contributed by atoms with E-state index in [4.69, 9.17) is 19.7 Å². The van der Waals surface area contributed by atoms with E-state index in [0.717, 1.165) is 6.42 Å². The largest absolute Gasteiger partial charge is 0.492 e. The molecule has 1 heterocycles. The molecule has 1 aromatic carbocycles. The summed E-state index contributed by atoms with van der Waals surface area (Å²) in [5, 5.41) is 8.82. The smallest absolute Gasteiger partial charge is 0.375 e. The van der Waals surface area contributed by atoms with Crippen molar-refractivity contribution in [1.29, 1.82) is 5.26 Å². The second-order valence-corrected chi connectivity index (χ2v) is 3.71. The fraction of sp³-hybridized carbons (Fsp3) is 0.364. The van der Waals surface area contributed by atoms with Crippen molar-refractivity contribution in [2.75, 3.05) is 13.7 Å². The summed E-state index contributed by atoms with van der Waals surface area (Å²) in [4.78, 5) is 9.89. The van der Waals surface area contributed by atoms with Gasteiger partial charge in [0.25, 0.3) is 0 Å². The third-order valence-electron chi connectivity index (χ3n) is 2.68. The Kier molecular flexibility index (Phi) is 3.62. The molecule has 1 aliphatic heterocycles. The summed E-state index contributed by atoms with van der Waals surface area (Å²) in [6, 6.07) is 4.94. The Bertz CT molecular complexity index is 455. The maximum Gasteiger partial charge on any atom is 0.375 e. The monoisotopic (exact) mass is 235 g/mol. The Hall–Kier alpha value is -1.58. The number of benzene rings is 1. The van der Waals surface area contributed by atoms with Crippen molar-refractivity contribution in [1.82, 2.24) is 0 Å². The van der Waals surface area contributed by atoms with E-state index in [0.29, 0.717) is 18.4 Å². The van der Waals surface area contributed by atoms with Gasteiger partial charge in [0.1, 0.15) is 6.07 Å². The molecular weight excluding hydrogens is 224 g/mol.